The van der Waals surface area contributed by atoms with Crippen LogP contribution in [0.1, 0.15) is 97.8 Å². The number of carbonyl (C=O) groups excluding carboxylic acids is 3. The van der Waals surface area contributed by atoms with Crippen LogP contribution < -0.4 is 11.1 Å². The zero-order valence-corrected chi connectivity index (χ0v) is 24.5. The van der Waals surface area contributed by atoms with Gasteiger partial charge in [0.15, 0.2) is 0 Å². The normalized spacial score (nSPS) is 43.3. The Morgan fingerprint density at radius 2 is 1.16 bits per heavy atom. The number of hydrogen-bond acceptors (Lipinski definition) is 7. The number of rotatable bonds is 3. The highest BCUT2D eigenvalue weighted by Crippen LogP contribution is 2.62. The van der Waals surface area contributed by atoms with Crippen molar-refractivity contribution in [2.24, 2.45) is 40.2 Å². The number of halogens is 1. The van der Waals surface area contributed by atoms with E-state index in [4.69, 9.17) is 19.9 Å². The minimum atomic E-state index is -0.508. The number of esters is 2. The second kappa shape index (κ2) is 9.83. The first kappa shape index (κ1) is 29.4. The summed E-state index contributed by atoms with van der Waals surface area (Å²) in [5.74, 6) is 2.26. The standard InChI is InChI=1S/C17H27NO4.C12H19NO2.ClH/c1-15(2,3)22-14(20)18-17-8-11-5-12(9-17)7-16(6-11,10-17)13(19)21-4;1-15-10(14)11-3-8-2-9(4-11)6-12(13,5-8)7-11;/h11-12H,5-10H2,1-4H3,(H,18,20);8-9H,2-7,13H2,1H3;1H. The highest BCUT2D eigenvalue weighted by atomic mass is 35.5. The van der Waals surface area contributed by atoms with Gasteiger partial charge in [-0.3, -0.25) is 9.59 Å². The van der Waals surface area contributed by atoms with E-state index >= 15 is 0 Å². The van der Waals surface area contributed by atoms with Gasteiger partial charge in [0.25, 0.3) is 0 Å². The minimum absolute atomic E-state index is 0. The maximum atomic E-state index is 12.4. The monoisotopic (exact) mass is 554 g/mol. The first-order valence-corrected chi connectivity index (χ1v) is 14.2. The average molecular weight is 555 g/mol. The minimum Gasteiger partial charge on any atom is -0.469 e. The van der Waals surface area contributed by atoms with Crippen LogP contribution in [0.15, 0.2) is 0 Å². The molecule has 1 amide bonds. The summed E-state index contributed by atoms with van der Waals surface area (Å²) >= 11 is 0. The van der Waals surface area contributed by atoms with Crippen molar-refractivity contribution in [2.75, 3.05) is 14.2 Å². The Balaban J connectivity index is 0.000000184. The van der Waals surface area contributed by atoms with Gasteiger partial charge in [0.2, 0.25) is 0 Å². The fourth-order valence-electron chi connectivity index (χ4n) is 10.2. The van der Waals surface area contributed by atoms with Gasteiger partial charge in [-0.15, -0.1) is 12.4 Å². The second-order valence-electron chi connectivity index (χ2n) is 14.7. The molecule has 8 bridgehead atoms. The average Bonchev–Trinajstić information content (AvgIpc) is 2.74. The van der Waals surface area contributed by atoms with Gasteiger partial charge in [0.1, 0.15) is 5.60 Å². The van der Waals surface area contributed by atoms with E-state index in [0.29, 0.717) is 30.1 Å². The van der Waals surface area contributed by atoms with Gasteiger partial charge in [0, 0.05) is 11.1 Å². The van der Waals surface area contributed by atoms with E-state index in [1.807, 2.05) is 20.8 Å². The topological polar surface area (TPSA) is 117 Å². The molecule has 8 saturated carbocycles. The molecule has 4 unspecified atom stereocenters. The van der Waals surface area contributed by atoms with E-state index < -0.39 is 11.0 Å². The summed E-state index contributed by atoms with van der Waals surface area (Å²) in [6, 6.07) is 0. The molecule has 8 aliphatic rings. The summed E-state index contributed by atoms with van der Waals surface area (Å²) in [5.41, 5.74) is 4.93. The van der Waals surface area contributed by atoms with Crippen LogP contribution in [0, 0.1) is 34.5 Å². The number of carbonyl (C=O) groups is 3. The van der Waals surface area contributed by atoms with Gasteiger partial charge in [-0.1, -0.05) is 0 Å². The number of nitrogens with two attached hydrogens (primary N) is 1. The van der Waals surface area contributed by atoms with E-state index in [9.17, 15) is 14.4 Å². The predicted octanol–water partition coefficient (Wildman–Crippen LogP) is 4.90. The Morgan fingerprint density at radius 3 is 1.55 bits per heavy atom. The Morgan fingerprint density at radius 1 is 0.737 bits per heavy atom. The summed E-state index contributed by atoms with van der Waals surface area (Å²) < 4.78 is 15.5. The number of ether oxygens (including phenoxy) is 3. The molecule has 8 fully saturated rings. The van der Waals surface area contributed by atoms with Gasteiger partial charge in [-0.05, 0) is 121 Å². The molecule has 0 aromatic rings. The predicted molar refractivity (Wildman–Crippen MR) is 145 cm³/mol. The lowest BCUT2D eigenvalue weighted by Crippen LogP contribution is -2.65. The van der Waals surface area contributed by atoms with Gasteiger partial charge in [-0.2, -0.15) is 0 Å². The van der Waals surface area contributed by atoms with Crippen LogP contribution in [0.5, 0.6) is 0 Å². The summed E-state index contributed by atoms with van der Waals surface area (Å²) in [4.78, 5) is 36.5. The molecule has 38 heavy (non-hydrogen) atoms. The van der Waals surface area contributed by atoms with Crippen LogP contribution in [-0.2, 0) is 23.8 Å². The van der Waals surface area contributed by atoms with E-state index in [1.54, 1.807) is 0 Å². The summed E-state index contributed by atoms with van der Waals surface area (Å²) in [6.45, 7) is 5.59. The van der Waals surface area contributed by atoms with Crippen LogP contribution in [0.4, 0.5) is 4.79 Å². The molecule has 0 aliphatic heterocycles. The summed E-state index contributed by atoms with van der Waals surface area (Å²) in [6.07, 6.45) is 11.7. The van der Waals surface area contributed by atoms with E-state index in [1.165, 1.54) is 27.1 Å². The summed E-state index contributed by atoms with van der Waals surface area (Å²) in [5, 5.41) is 3.12. The Hall–Kier alpha value is -1.54. The number of nitrogens with one attached hydrogen (secondary N) is 1. The van der Waals surface area contributed by atoms with E-state index in [-0.39, 0.29) is 46.9 Å². The second-order valence-corrected chi connectivity index (χ2v) is 14.7. The largest absolute Gasteiger partial charge is 0.469 e. The Labute approximate surface area is 233 Å². The maximum Gasteiger partial charge on any atom is 0.408 e. The van der Waals surface area contributed by atoms with Crippen LogP contribution in [0.25, 0.3) is 0 Å². The number of methoxy groups -OCH3 is 2. The van der Waals surface area contributed by atoms with Crippen molar-refractivity contribution in [3.05, 3.63) is 0 Å². The lowest BCUT2D eigenvalue weighted by Gasteiger charge is -2.60. The molecule has 0 saturated heterocycles. The molecule has 216 valence electrons. The molecule has 0 heterocycles. The molecule has 8 rings (SSSR count). The molecule has 4 atom stereocenters. The van der Waals surface area contributed by atoms with Crippen molar-refractivity contribution in [3.8, 4) is 0 Å². The van der Waals surface area contributed by atoms with Crippen LogP contribution in [0.2, 0.25) is 0 Å². The zero-order chi connectivity index (χ0) is 26.9. The van der Waals surface area contributed by atoms with Crippen molar-refractivity contribution < 1.29 is 28.6 Å². The molecular weight excluding hydrogens is 508 g/mol. The lowest BCUT2D eigenvalue weighted by atomic mass is 9.47. The van der Waals surface area contributed by atoms with Gasteiger partial charge in [0.05, 0.1) is 25.0 Å². The third-order valence-electron chi connectivity index (χ3n) is 10.2. The van der Waals surface area contributed by atoms with Crippen molar-refractivity contribution >= 4 is 30.4 Å². The number of alkyl carbamates (subject to hydrolysis) is 1. The van der Waals surface area contributed by atoms with Gasteiger partial charge < -0.3 is 25.3 Å². The van der Waals surface area contributed by atoms with Crippen molar-refractivity contribution in [2.45, 2.75) is 114 Å². The van der Waals surface area contributed by atoms with Crippen molar-refractivity contribution in [3.63, 3.8) is 0 Å². The third-order valence-corrected chi connectivity index (χ3v) is 10.2. The maximum absolute atomic E-state index is 12.4. The molecule has 0 radical (unpaired) electrons. The Kier molecular flexibility index (Phi) is 7.61. The first-order chi connectivity index (χ1) is 17.2. The number of hydrogen-bond donors (Lipinski definition) is 2. The fourth-order valence-corrected chi connectivity index (χ4v) is 10.2. The van der Waals surface area contributed by atoms with Gasteiger partial charge in [-0.25, -0.2) is 4.79 Å². The fraction of sp³-hybridized carbons (Fsp3) is 0.897. The van der Waals surface area contributed by atoms with Crippen LogP contribution in [0.3, 0.4) is 0 Å². The highest BCUT2D eigenvalue weighted by Gasteiger charge is 2.62. The van der Waals surface area contributed by atoms with Gasteiger partial charge >= 0.3 is 18.0 Å². The molecule has 8 aliphatic carbocycles. The van der Waals surface area contributed by atoms with Crippen LogP contribution >= 0.6 is 12.4 Å². The molecule has 0 aromatic heterocycles. The lowest BCUT2D eigenvalue weighted by molar-refractivity contribution is -0.172. The molecule has 0 spiro atoms. The molecule has 3 N–H and O–H groups in total. The first-order valence-electron chi connectivity index (χ1n) is 14.2. The molecule has 9 heteroatoms. The smallest absolute Gasteiger partial charge is 0.408 e. The number of amides is 1. The van der Waals surface area contributed by atoms with E-state index in [2.05, 4.69) is 5.32 Å². The quantitative estimate of drug-likeness (QED) is 0.376. The van der Waals surface area contributed by atoms with Crippen molar-refractivity contribution in [1.29, 1.82) is 0 Å². The highest BCUT2D eigenvalue weighted by molar-refractivity contribution is 5.85. The SMILES string of the molecule is COC(=O)C12CC3CC(CC(N)(C3)C1)C2.COC(=O)C12CC3CC(CC(NC(=O)OC(C)(C)C)(C3)C1)C2.Cl. The molecule has 8 nitrogen and oxygen atoms in total. The van der Waals surface area contributed by atoms with Crippen molar-refractivity contribution in [1.82, 2.24) is 5.32 Å². The molecular formula is C29H47ClN2O6. The summed E-state index contributed by atoms with van der Waals surface area (Å²) in [7, 11) is 2.97. The Bertz CT molecular complexity index is 933. The third kappa shape index (κ3) is 5.41. The van der Waals surface area contributed by atoms with E-state index in [0.717, 1.165) is 57.8 Å². The molecule has 0 aromatic carbocycles. The zero-order valence-electron chi connectivity index (χ0n) is 23.7. The van der Waals surface area contributed by atoms with Crippen LogP contribution in [-0.4, -0.2) is 48.9 Å².